The molecule has 82 valence electrons. The van der Waals surface area contributed by atoms with Gasteiger partial charge >= 0.3 is 0 Å². The third-order valence-corrected chi connectivity index (χ3v) is 2.83. The molecule has 0 N–H and O–H groups in total. The summed E-state index contributed by atoms with van der Waals surface area (Å²) >= 11 is 0. The molecule has 0 radical (unpaired) electrons. The maximum atomic E-state index is 11.9. The van der Waals surface area contributed by atoms with E-state index in [2.05, 4.69) is 12.1 Å². The summed E-state index contributed by atoms with van der Waals surface area (Å²) in [5, 5.41) is 3.75. The quantitative estimate of drug-likeness (QED) is 0.739. The molecule has 1 atom stereocenters. The van der Waals surface area contributed by atoms with Crippen LogP contribution in [0.15, 0.2) is 16.9 Å². The molecule has 2 rings (SSSR count). The number of hydrogen-bond donors (Lipinski definition) is 0. The zero-order valence-electron chi connectivity index (χ0n) is 8.98. The van der Waals surface area contributed by atoms with Crippen molar-refractivity contribution in [1.82, 2.24) is 10.1 Å². The summed E-state index contributed by atoms with van der Waals surface area (Å²) < 4.78 is 4.70. The van der Waals surface area contributed by atoms with Crippen LogP contribution in [0.1, 0.15) is 25.5 Å². The molecule has 1 aromatic rings. The molecular weight excluding hydrogens is 192 g/mol. The summed E-state index contributed by atoms with van der Waals surface area (Å²) in [6.45, 7) is 3.97. The Labute approximate surface area is 89.2 Å². The molecule has 1 saturated heterocycles. The van der Waals surface area contributed by atoms with Gasteiger partial charge in [0.2, 0.25) is 5.91 Å². The SMILES string of the molecule is CC1CCCN(C(=O)Cc2ccon2)C1. The molecule has 0 saturated carbocycles. The van der Waals surface area contributed by atoms with Crippen LogP contribution in [0.5, 0.6) is 0 Å². The fraction of sp³-hybridized carbons (Fsp3) is 0.636. The van der Waals surface area contributed by atoms with Gasteiger partial charge in [0.15, 0.2) is 0 Å². The molecule has 1 aliphatic rings. The summed E-state index contributed by atoms with van der Waals surface area (Å²) in [5.74, 6) is 0.787. The van der Waals surface area contributed by atoms with Gasteiger partial charge in [0.25, 0.3) is 0 Å². The van der Waals surface area contributed by atoms with Crippen molar-refractivity contribution in [3.05, 3.63) is 18.0 Å². The second kappa shape index (κ2) is 4.47. The van der Waals surface area contributed by atoms with Gasteiger partial charge in [-0.1, -0.05) is 12.1 Å². The molecule has 15 heavy (non-hydrogen) atoms. The lowest BCUT2D eigenvalue weighted by Gasteiger charge is -2.30. The molecule has 4 nitrogen and oxygen atoms in total. The average molecular weight is 208 g/mol. The molecule has 1 aromatic heterocycles. The van der Waals surface area contributed by atoms with E-state index in [0.29, 0.717) is 12.3 Å². The van der Waals surface area contributed by atoms with Crippen molar-refractivity contribution in [2.45, 2.75) is 26.2 Å². The zero-order valence-corrected chi connectivity index (χ0v) is 8.98. The van der Waals surface area contributed by atoms with Crippen molar-refractivity contribution in [3.8, 4) is 0 Å². The first kappa shape index (κ1) is 10.2. The minimum atomic E-state index is 0.162. The minimum Gasteiger partial charge on any atom is -0.364 e. The second-order valence-corrected chi connectivity index (χ2v) is 4.25. The highest BCUT2D eigenvalue weighted by Gasteiger charge is 2.21. The predicted octanol–water partition coefficient (Wildman–Crippen LogP) is 1.48. The maximum absolute atomic E-state index is 11.9. The topological polar surface area (TPSA) is 46.3 Å². The predicted molar refractivity (Wildman–Crippen MR) is 55.2 cm³/mol. The van der Waals surface area contributed by atoms with Crippen molar-refractivity contribution >= 4 is 5.91 Å². The minimum absolute atomic E-state index is 0.162. The first-order valence-electron chi connectivity index (χ1n) is 5.43. The van der Waals surface area contributed by atoms with Gasteiger partial charge in [-0.15, -0.1) is 0 Å². The van der Waals surface area contributed by atoms with Crippen LogP contribution >= 0.6 is 0 Å². The van der Waals surface area contributed by atoms with E-state index in [-0.39, 0.29) is 5.91 Å². The molecule has 0 spiro atoms. The highest BCUT2D eigenvalue weighted by atomic mass is 16.5. The average Bonchev–Trinajstić information content (AvgIpc) is 2.70. The molecule has 1 unspecified atom stereocenters. The number of hydrogen-bond acceptors (Lipinski definition) is 3. The van der Waals surface area contributed by atoms with E-state index < -0.39 is 0 Å². The van der Waals surface area contributed by atoms with Crippen LogP contribution in [-0.4, -0.2) is 29.1 Å². The third-order valence-electron chi connectivity index (χ3n) is 2.83. The maximum Gasteiger partial charge on any atom is 0.228 e. The molecule has 2 heterocycles. The van der Waals surface area contributed by atoms with Crippen LogP contribution < -0.4 is 0 Å². The molecule has 4 heteroatoms. The van der Waals surface area contributed by atoms with Gasteiger partial charge in [-0.05, 0) is 18.8 Å². The van der Waals surface area contributed by atoms with Gasteiger partial charge in [0, 0.05) is 19.2 Å². The second-order valence-electron chi connectivity index (χ2n) is 4.25. The number of carbonyl (C=O) groups excluding carboxylic acids is 1. The number of carbonyl (C=O) groups is 1. The van der Waals surface area contributed by atoms with E-state index in [9.17, 15) is 4.79 Å². The summed E-state index contributed by atoms with van der Waals surface area (Å²) in [7, 11) is 0. The number of rotatable bonds is 2. The van der Waals surface area contributed by atoms with Crippen molar-refractivity contribution in [2.75, 3.05) is 13.1 Å². The Bertz CT molecular complexity index is 321. The first-order chi connectivity index (χ1) is 7.25. The van der Waals surface area contributed by atoms with Crippen molar-refractivity contribution in [3.63, 3.8) is 0 Å². The van der Waals surface area contributed by atoms with E-state index in [1.54, 1.807) is 6.07 Å². The van der Waals surface area contributed by atoms with Gasteiger partial charge in [0.05, 0.1) is 12.1 Å². The monoisotopic (exact) mass is 208 g/mol. The van der Waals surface area contributed by atoms with Crippen molar-refractivity contribution in [2.24, 2.45) is 5.92 Å². The molecule has 1 fully saturated rings. The van der Waals surface area contributed by atoms with Crippen LogP contribution in [-0.2, 0) is 11.2 Å². The molecule has 0 aliphatic carbocycles. The summed E-state index contributed by atoms with van der Waals surface area (Å²) in [6.07, 6.45) is 4.21. The van der Waals surface area contributed by atoms with Crippen LogP contribution in [0.3, 0.4) is 0 Å². The highest BCUT2D eigenvalue weighted by molar-refractivity contribution is 5.78. The van der Waals surface area contributed by atoms with E-state index in [1.807, 2.05) is 4.90 Å². The van der Waals surface area contributed by atoms with Gasteiger partial charge in [-0.2, -0.15) is 0 Å². The Hall–Kier alpha value is -1.32. The van der Waals surface area contributed by atoms with Crippen LogP contribution in [0.2, 0.25) is 0 Å². The summed E-state index contributed by atoms with van der Waals surface area (Å²) in [5.41, 5.74) is 0.721. The molecular formula is C11H16N2O2. The number of aromatic nitrogens is 1. The molecule has 1 aliphatic heterocycles. The van der Waals surface area contributed by atoms with E-state index >= 15 is 0 Å². The molecule has 0 aromatic carbocycles. The van der Waals surface area contributed by atoms with Gasteiger partial charge in [0.1, 0.15) is 6.26 Å². The molecule has 0 bridgehead atoms. The first-order valence-corrected chi connectivity index (χ1v) is 5.43. The lowest BCUT2D eigenvalue weighted by Crippen LogP contribution is -2.39. The van der Waals surface area contributed by atoms with Crippen molar-refractivity contribution < 1.29 is 9.32 Å². The third kappa shape index (κ3) is 2.58. The summed E-state index contributed by atoms with van der Waals surface area (Å²) in [4.78, 5) is 13.8. The zero-order chi connectivity index (χ0) is 10.7. The Balaban J connectivity index is 1.90. The number of likely N-dealkylation sites (tertiary alicyclic amines) is 1. The Morgan fingerprint density at radius 2 is 2.60 bits per heavy atom. The Morgan fingerprint density at radius 3 is 3.27 bits per heavy atom. The normalized spacial score (nSPS) is 21.7. The number of amides is 1. The van der Waals surface area contributed by atoms with E-state index in [0.717, 1.165) is 25.2 Å². The van der Waals surface area contributed by atoms with Gasteiger partial charge < -0.3 is 9.42 Å². The fourth-order valence-electron chi connectivity index (χ4n) is 2.01. The Kier molecular flexibility index (Phi) is 3.04. The van der Waals surface area contributed by atoms with E-state index in [4.69, 9.17) is 4.52 Å². The van der Waals surface area contributed by atoms with Crippen LogP contribution in [0, 0.1) is 5.92 Å². The number of piperidine rings is 1. The molecule has 1 amide bonds. The van der Waals surface area contributed by atoms with Crippen molar-refractivity contribution in [1.29, 1.82) is 0 Å². The van der Waals surface area contributed by atoms with Crippen LogP contribution in [0.25, 0.3) is 0 Å². The Morgan fingerprint density at radius 1 is 1.73 bits per heavy atom. The summed E-state index contributed by atoms with van der Waals surface area (Å²) in [6, 6.07) is 1.74. The lowest BCUT2D eigenvalue weighted by atomic mass is 10.00. The standard InChI is InChI=1S/C11H16N2O2/c1-9-3-2-5-13(8-9)11(14)7-10-4-6-15-12-10/h4,6,9H,2-3,5,7-8H2,1H3. The van der Waals surface area contributed by atoms with Gasteiger partial charge in [-0.3, -0.25) is 4.79 Å². The smallest absolute Gasteiger partial charge is 0.228 e. The number of nitrogens with zero attached hydrogens (tertiary/aromatic N) is 2. The van der Waals surface area contributed by atoms with Crippen LogP contribution in [0.4, 0.5) is 0 Å². The van der Waals surface area contributed by atoms with Gasteiger partial charge in [-0.25, -0.2) is 0 Å². The lowest BCUT2D eigenvalue weighted by molar-refractivity contribution is -0.132. The highest BCUT2D eigenvalue weighted by Crippen LogP contribution is 2.16. The van der Waals surface area contributed by atoms with E-state index in [1.165, 1.54) is 12.7 Å². The largest absolute Gasteiger partial charge is 0.364 e. The fourth-order valence-corrected chi connectivity index (χ4v) is 2.01.